The minimum Gasteiger partial charge on any atom is -0.507 e. The van der Waals surface area contributed by atoms with Crippen LogP contribution < -0.4 is 31.3 Å². The first-order valence-corrected chi connectivity index (χ1v) is 46.2. The zero-order valence-electron chi connectivity index (χ0n) is 71.7. The van der Waals surface area contributed by atoms with E-state index in [1.54, 1.807) is 24.3 Å². The van der Waals surface area contributed by atoms with Gasteiger partial charge in [-0.3, -0.25) is 52.7 Å². The van der Waals surface area contributed by atoms with E-state index in [0.717, 1.165) is 0 Å². The standard InChI is InChI=1S/C85H128I3N5O33/c1-50(97)89-71-77(112)74(109)66(44-94)124-82(71)120-34-13-10-22-54(100)18-6-4-8-20-57(103)31-37-117-47-85(49-119-39-33-59(105)26-16-25-56(102)24-12-15-36-122-84-73(91-52(3)99)79(114)76(111)68(46-96)126-84,48-118-38-32-58(104)21-9-5-7-19-55(101)23-11-14-35-121-83-72(90-51(2)98)78(113)75(110)67(45-95)125-83)93-70(108)28-17-27-69(107)92-64(81(115)116)42-53-40-62(87)80(63(88)41-53)123-60-29-30-65(106)61(86)43-60/h29-30,40-41,43,64,66-68,71-79,82-84,94-96,106,109-114H,4-28,31-39,42,44-49H2,1-3H3,(H,89,97)(H,90,98)(H,91,99)(H,92,107)(H,93,108)(H,115,116). The maximum absolute atomic E-state index is 14.2. The van der Waals surface area contributed by atoms with Gasteiger partial charge < -0.3 is 130 Å². The first kappa shape index (κ1) is 111. The third-order valence-electron chi connectivity index (χ3n) is 21.1. The first-order valence-electron chi connectivity index (χ1n) is 42.9. The van der Waals surface area contributed by atoms with Gasteiger partial charge in [0.2, 0.25) is 29.5 Å². The summed E-state index contributed by atoms with van der Waals surface area (Å²) in [5.74, 6) is -3.77. The number of ketones is 6. The number of rotatable bonds is 66. The predicted molar refractivity (Wildman–Crippen MR) is 473 cm³/mol. The molecule has 2 aromatic carbocycles. The molecule has 16 N–H and O–H groups in total. The van der Waals surface area contributed by atoms with Crippen molar-refractivity contribution in [1.82, 2.24) is 26.6 Å². The highest BCUT2D eigenvalue weighted by atomic mass is 127. The third kappa shape index (κ3) is 41.4. The normalized spacial score (nSPS) is 23.1. The van der Waals surface area contributed by atoms with Gasteiger partial charge in [0, 0.05) is 137 Å². The lowest BCUT2D eigenvalue weighted by atomic mass is 9.97. The van der Waals surface area contributed by atoms with Gasteiger partial charge in [0.15, 0.2) is 24.6 Å². The van der Waals surface area contributed by atoms with Crippen LogP contribution in [0.3, 0.4) is 0 Å². The highest BCUT2D eigenvalue weighted by Gasteiger charge is 2.48. The number of nitrogens with one attached hydrogen (secondary N) is 5. The summed E-state index contributed by atoms with van der Waals surface area (Å²) in [7, 11) is 0. The Morgan fingerprint density at radius 2 is 0.730 bits per heavy atom. The lowest BCUT2D eigenvalue weighted by molar-refractivity contribution is -0.270. The van der Waals surface area contributed by atoms with Gasteiger partial charge in [-0.1, -0.05) is 12.8 Å². The van der Waals surface area contributed by atoms with Crippen molar-refractivity contribution in [3.8, 4) is 17.2 Å². The zero-order valence-corrected chi connectivity index (χ0v) is 78.1. The molecule has 3 saturated heterocycles. The number of carboxylic acid groups (broad SMARTS) is 1. The molecule has 2 aromatic rings. The number of aromatic hydroxyl groups is 1. The van der Waals surface area contributed by atoms with Crippen molar-refractivity contribution in [2.75, 3.05) is 79.3 Å². The molecule has 3 fully saturated rings. The van der Waals surface area contributed by atoms with Crippen molar-refractivity contribution in [2.45, 2.75) is 310 Å². The fourth-order valence-corrected chi connectivity index (χ4v) is 16.7. The molecule has 5 amide bonds. The molecule has 0 aromatic heterocycles. The zero-order chi connectivity index (χ0) is 92.8. The van der Waals surface area contributed by atoms with Crippen molar-refractivity contribution in [3.05, 3.63) is 46.6 Å². The number of carbonyl (C=O) groups excluding carboxylic acids is 11. The third-order valence-corrected chi connectivity index (χ3v) is 23.5. The average molecular weight is 2130 g/mol. The second-order valence-corrected chi connectivity index (χ2v) is 35.3. The van der Waals surface area contributed by atoms with E-state index in [2.05, 4.69) is 71.8 Å². The minimum atomic E-state index is -1.57. The number of benzene rings is 2. The van der Waals surface area contributed by atoms with Gasteiger partial charge in [-0.05, 0) is 181 Å². The van der Waals surface area contributed by atoms with E-state index in [4.69, 9.17) is 47.4 Å². The van der Waals surface area contributed by atoms with E-state index in [0.29, 0.717) is 105 Å². The molecule has 3 aliphatic heterocycles. The van der Waals surface area contributed by atoms with Gasteiger partial charge in [0.1, 0.15) is 131 Å². The van der Waals surface area contributed by atoms with E-state index in [-0.39, 0.29) is 209 Å². The molecular weight excluding hydrogens is 2000 g/mol. The Kier molecular flexibility index (Phi) is 53.2. The molecule has 126 heavy (non-hydrogen) atoms. The molecule has 0 spiro atoms. The van der Waals surface area contributed by atoms with Gasteiger partial charge in [0.05, 0.1) is 70.2 Å². The van der Waals surface area contributed by atoms with Crippen LogP contribution in [0, 0.1) is 10.7 Å². The molecular formula is C85H128I3N5O33. The maximum Gasteiger partial charge on any atom is 0.326 e. The molecule has 712 valence electrons. The summed E-state index contributed by atoms with van der Waals surface area (Å²) in [5, 5.41) is 125. The van der Waals surface area contributed by atoms with Crippen LogP contribution in [0.2, 0.25) is 0 Å². The van der Waals surface area contributed by atoms with E-state index < -0.39 is 159 Å². The summed E-state index contributed by atoms with van der Waals surface area (Å²) in [5.41, 5.74) is -0.997. The summed E-state index contributed by atoms with van der Waals surface area (Å²) in [6.07, 6.45) is -9.47. The Labute approximate surface area is 773 Å². The molecule has 0 radical (unpaired) electrons. The summed E-state index contributed by atoms with van der Waals surface area (Å²) < 4.78 is 60.4. The number of aliphatic hydroxyl groups excluding tert-OH is 9. The molecule has 41 heteroatoms. The number of aliphatic hydroxyl groups is 9. The van der Waals surface area contributed by atoms with Crippen LogP contribution in [0.1, 0.15) is 206 Å². The van der Waals surface area contributed by atoms with Crippen LogP contribution in [0.4, 0.5) is 0 Å². The Balaban J connectivity index is 1.19. The van der Waals surface area contributed by atoms with Crippen LogP contribution in [0.5, 0.6) is 17.2 Å². The Morgan fingerprint density at radius 1 is 0.405 bits per heavy atom. The van der Waals surface area contributed by atoms with Gasteiger partial charge in [-0.15, -0.1) is 0 Å². The monoisotopic (exact) mass is 2130 g/mol. The van der Waals surface area contributed by atoms with Crippen molar-refractivity contribution >= 4 is 138 Å². The van der Waals surface area contributed by atoms with E-state index >= 15 is 0 Å². The lowest BCUT2D eigenvalue weighted by Crippen LogP contribution is -2.64. The van der Waals surface area contributed by atoms with Gasteiger partial charge in [0.25, 0.3) is 0 Å². The van der Waals surface area contributed by atoms with Crippen LogP contribution in [0.25, 0.3) is 0 Å². The minimum absolute atomic E-state index is 0.00646. The first-order chi connectivity index (χ1) is 60.1. The van der Waals surface area contributed by atoms with Crippen LogP contribution in [-0.2, 0) is 107 Å². The highest BCUT2D eigenvalue weighted by Crippen LogP contribution is 2.36. The fraction of sp³-hybridized carbons (Fsp3) is 0.718. The molecule has 5 rings (SSSR count). The molecule has 0 saturated carbocycles. The predicted octanol–water partition coefficient (Wildman–Crippen LogP) is 3.23. The molecule has 3 aliphatic rings. The number of carbonyl (C=O) groups is 12. The summed E-state index contributed by atoms with van der Waals surface area (Å²) in [6, 6.07) is 3.52. The number of aliphatic carboxylic acids is 1. The number of unbranched alkanes of at least 4 members (excludes halogenated alkanes) is 7. The van der Waals surface area contributed by atoms with Gasteiger partial charge >= 0.3 is 5.97 Å². The number of hydrogen-bond donors (Lipinski definition) is 16. The Morgan fingerprint density at radius 3 is 1.06 bits per heavy atom. The van der Waals surface area contributed by atoms with Crippen LogP contribution in [-0.4, -0.2) is 309 Å². The number of ether oxygens (including phenoxy) is 10. The second kappa shape index (κ2) is 60.4. The molecule has 16 unspecified atom stereocenters. The van der Waals surface area contributed by atoms with Crippen LogP contribution in [0.15, 0.2) is 30.3 Å². The molecule has 16 atom stereocenters. The second-order valence-electron chi connectivity index (χ2n) is 31.8. The van der Waals surface area contributed by atoms with Crippen molar-refractivity contribution in [1.29, 1.82) is 0 Å². The maximum atomic E-state index is 14.2. The number of amides is 5. The summed E-state index contributed by atoms with van der Waals surface area (Å²) in [4.78, 5) is 154. The smallest absolute Gasteiger partial charge is 0.326 e. The Bertz CT molecular complexity index is 3630. The molecule has 3 heterocycles. The average Bonchev–Trinajstić information content (AvgIpc) is 0.817. The van der Waals surface area contributed by atoms with Crippen molar-refractivity contribution < 1.29 is 161 Å². The number of halogens is 3. The lowest BCUT2D eigenvalue weighted by Gasteiger charge is -2.42. The summed E-state index contributed by atoms with van der Waals surface area (Å²) in [6.45, 7) is 0.583. The number of phenols is 1. The van der Waals surface area contributed by atoms with Crippen molar-refractivity contribution in [2.24, 2.45) is 0 Å². The number of phenolic OH excluding ortho intramolecular Hbond substituents is 1. The van der Waals surface area contributed by atoms with Gasteiger partial charge in [-0.2, -0.15) is 0 Å². The number of Topliss-reactive ketones (excluding diaryl/α,β-unsaturated/α-hetero) is 6. The largest absolute Gasteiger partial charge is 0.507 e. The fourth-order valence-electron chi connectivity index (χ4n) is 14.1. The quantitative estimate of drug-likeness (QED) is 0.0334. The SMILES string of the molecule is CC(=O)NC1C(OCCCCC(=O)CCCCCC(=O)CCOCC(COCCC(=O)CCCCCC(=O)CCCCOC2OC(CO)C(O)C(O)C2NC(C)=O)(COCCC(=O)CCCC(=O)CCCCOC2OC(CO)C(O)C(O)C2NC(C)=O)NC(=O)CCCC(=O)NC(Cc2cc(I)c(Oc3ccc(O)c(I)c3)c(I)c2)C(=O)O)OC(CO)C(O)C1O. The molecule has 38 nitrogen and oxygen atoms in total. The van der Waals surface area contributed by atoms with E-state index in [1.807, 2.05) is 22.6 Å². The van der Waals surface area contributed by atoms with E-state index in [9.17, 15) is 114 Å². The summed E-state index contributed by atoms with van der Waals surface area (Å²) >= 11 is 6.10. The van der Waals surface area contributed by atoms with E-state index in [1.165, 1.54) is 26.8 Å². The molecule has 0 bridgehead atoms. The van der Waals surface area contributed by atoms with Gasteiger partial charge in [-0.25, -0.2) is 4.79 Å². The van der Waals surface area contributed by atoms with Crippen LogP contribution >= 0.6 is 67.8 Å². The Hall–Kier alpha value is -5.65. The molecule has 0 aliphatic carbocycles. The number of hydrogen-bond acceptors (Lipinski definition) is 32. The van der Waals surface area contributed by atoms with Crippen molar-refractivity contribution in [3.63, 3.8) is 0 Å². The topological polar surface area (TPSA) is 580 Å². The highest BCUT2D eigenvalue weighted by molar-refractivity contribution is 14.1. The number of carboxylic acids is 1.